The minimum atomic E-state index is -1.46. The number of halogens is 2. The number of esters is 1. The summed E-state index contributed by atoms with van der Waals surface area (Å²) in [4.78, 5) is 11.6. The molecule has 0 aliphatic heterocycles. The number of benzene rings is 2. The quantitative estimate of drug-likeness (QED) is 0.785. The first-order valence-electron chi connectivity index (χ1n) is 5.78. The fraction of sp³-hybridized carbons (Fsp3) is 0.133. The third kappa shape index (κ3) is 3.61. The van der Waals surface area contributed by atoms with E-state index in [2.05, 4.69) is 0 Å². The third-order valence-electron chi connectivity index (χ3n) is 2.60. The predicted molar refractivity (Wildman–Crippen MR) is 67.0 cm³/mol. The van der Waals surface area contributed by atoms with Gasteiger partial charge in [-0.1, -0.05) is 30.3 Å². The Kier molecular flexibility index (Phi) is 4.23. The minimum Gasteiger partial charge on any atom is -0.459 e. The maximum Gasteiger partial charge on any atom is 0.338 e. The lowest BCUT2D eigenvalue weighted by Crippen LogP contribution is -2.10. The van der Waals surface area contributed by atoms with Gasteiger partial charge < -0.3 is 4.74 Å². The molecule has 1 atom stereocenters. The highest BCUT2D eigenvalue weighted by Gasteiger charge is 2.14. The van der Waals surface area contributed by atoms with E-state index in [4.69, 9.17) is 4.74 Å². The first-order valence-corrected chi connectivity index (χ1v) is 5.78. The van der Waals surface area contributed by atoms with Crippen molar-refractivity contribution in [2.75, 3.05) is 6.61 Å². The van der Waals surface area contributed by atoms with Crippen LogP contribution in [0.4, 0.5) is 8.78 Å². The Morgan fingerprint density at radius 1 is 1.05 bits per heavy atom. The Balaban J connectivity index is 1.92. The molecule has 98 valence electrons. The maximum absolute atomic E-state index is 13.7. The smallest absolute Gasteiger partial charge is 0.338 e. The summed E-state index contributed by atoms with van der Waals surface area (Å²) >= 11 is 0. The molecule has 2 aromatic rings. The molecule has 0 bridgehead atoms. The second-order valence-corrected chi connectivity index (χ2v) is 3.98. The van der Waals surface area contributed by atoms with Gasteiger partial charge >= 0.3 is 5.97 Å². The van der Waals surface area contributed by atoms with Crippen LogP contribution in [0, 0.1) is 5.82 Å². The van der Waals surface area contributed by atoms with Gasteiger partial charge in [-0.2, -0.15) is 0 Å². The lowest BCUT2D eigenvalue weighted by molar-refractivity contribution is 0.0398. The van der Waals surface area contributed by atoms with Gasteiger partial charge in [0.15, 0.2) is 6.17 Å². The van der Waals surface area contributed by atoms with Gasteiger partial charge in [-0.15, -0.1) is 0 Å². The van der Waals surface area contributed by atoms with E-state index < -0.39 is 18.0 Å². The first kappa shape index (κ1) is 13.2. The third-order valence-corrected chi connectivity index (χ3v) is 2.60. The van der Waals surface area contributed by atoms with Gasteiger partial charge in [-0.3, -0.25) is 0 Å². The van der Waals surface area contributed by atoms with Crippen LogP contribution in [0.25, 0.3) is 0 Å². The molecule has 0 aliphatic rings. The Hall–Kier alpha value is -2.23. The SMILES string of the molecule is O=C(OCC(F)c1ccc(F)cc1)c1ccccc1. The van der Waals surface area contributed by atoms with Gasteiger partial charge in [0.2, 0.25) is 0 Å². The number of alkyl halides is 1. The Labute approximate surface area is 109 Å². The van der Waals surface area contributed by atoms with E-state index in [9.17, 15) is 13.6 Å². The number of carbonyl (C=O) groups is 1. The summed E-state index contributed by atoms with van der Waals surface area (Å²) in [6.07, 6.45) is -1.46. The van der Waals surface area contributed by atoms with Crippen LogP contribution in [0.1, 0.15) is 22.1 Å². The molecule has 2 aromatic carbocycles. The summed E-state index contributed by atoms with van der Waals surface area (Å²) < 4.78 is 31.3. The van der Waals surface area contributed by atoms with E-state index in [1.165, 1.54) is 24.3 Å². The van der Waals surface area contributed by atoms with E-state index in [0.717, 1.165) is 0 Å². The maximum atomic E-state index is 13.7. The van der Waals surface area contributed by atoms with E-state index >= 15 is 0 Å². The molecule has 0 radical (unpaired) electrons. The Morgan fingerprint density at radius 3 is 2.32 bits per heavy atom. The molecule has 0 aromatic heterocycles. The van der Waals surface area contributed by atoms with Gasteiger partial charge in [0.05, 0.1) is 5.56 Å². The zero-order valence-electron chi connectivity index (χ0n) is 10.1. The van der Waals surface area contributed by atoms with Crippen molar-refractivity contribution in [3.05, 3.63) is 71.5 Å². The van der Waals surface area contributed by atoms with Crippen molar-refractivity contribution in [2.24, 2.45) is 0 Å². The van der Waals surface area contributed by atoms with Gasteiger partial charge in [-0.05, 0) is 29.8 Å². The number of rotatable bonds is 4. The van der Waals surface area contributed by atoms with Crippen LogP contribution in [-0.4, -0.2) is 12.6 Å². The van der Waals surface area contributed by atoms with Crippen molar-refractivity contribution in [3.8, 4) is 0 Å². The van der Waals surface area contributed by atoms with Crippen LogP contribution >= 0.6 is 0 Å². The minimum absolute atomic E-state index is 0.280. The highest BCUT2D eigenvalue weighted by molar-refractivity contribution is 5.89. The first-order chi connectivity index (χ1) is 9.16. The van der Waals surface area contributed by atoms with E-state index in [1.54, 1.807) is 30.3 Å². The van der Waals surface area contributed by atoms with Crippen LogP contribution in [0.15, 0.2) is 54.6 Å². The molecule has 0 amide bonds. The summed E-state index contributed by atoms with van der Waals surface area (Å²) in [5.74, 6) is -1.01. The molecular weight excluding hydrogens is 250 g/mol. The molecule has 2 rings (SSSR count). The molecule has 0 spiro atoms. The van der Waals surface area contributed by atoms with Crippen molar-refractivity contribution in [2.45, 2.75) is 6.17 Å². The van der Waals surface area contributed by atoms with Crippen molar-refractivity contribution in [1.82, 2.24) is 0 Å². The highest BCUT2D eigenvalue weighted by Crippen LogP contribution is 2.18. The fourth-order valence-electron chi connectivity index (χ4n) is 1.57. The molecule has 0 saturated carbocycles. The van der Waals surface area contributed by atoms with E-state index in [-0.39, 0.29) is 12.2 Å². The lowest BCUT2D eigenvalue weighted by Gasteiger charge is -2.09. The zero-order chi connectivity index (χ0) is 13.7. The number of carbonyl (C=O) groups excluding carboxylic acids is 1. The van der Waals surface area contributed by atoms with Gasteiger partial charge in [0.25, 0.3) is 0 Å². The van der Waals surface area contributed by atoms with Crippen LogP contribution < -0.4 is 0 Å². The molecule has 0 saturated heterocycles. The average molecular weight is 262 g/mol. The summed E-state index contributed by atoms with van der Waals surface area (Å²) in [5.41, 5.74) is 0.649. The molecular formula is C15H12F2O2. The predicted octanol–water partition coefficient (Wildman–Crippen LogP) is 3.69. The normalized spacial score (nSPS) is 11.9. The van der Waals surface area contributed by atoms with Crippen molar-refractivity contribution < 1.29 is 18.3 Å². The van der Waals surface area contributed by atoms with E-state index in [1.807, 2.05) is 0 Å². The van der Waals surface area contributed by atoms with Crippen LogP contribution in [0.2, 0.25) is 0 Å². The molecule has 0 N–H and O–H groups in total. The fourth-order valence-corrected chi connectivity index (χ4v) is 1.57. The molecule has 0 fully saturated rings. The second-order valence-electron chi connectivity index (χ2n) is 3.98. The number of ether oxygens (including phenoxy) is 1. The monoisotopic (exact) mass is 262 g/mol. The molecule has 1 unspecified atom stereocenters. The lowest BCUT2D eigenvalue weighted by atomic mass is 10.1. The van der Waals surface area contributed by atoms with Crippen LogP contribution in [0.3, 0.4) is 0 Å². The van der Waals surface area contributed by atoms with Crippen molar-refractivity contribution >= 4 is 5.97 Å². The highest BCUT2D eigenvalue weighted by atomic mass is 19.1. The standard InChI is InChI=1S/C15H12F2O2/c16-13-8-6-11(7-9-13)14(17)10-19-15(18)12-4-2-1-3-5-12/h1-9,14H,10H2. The zero-order valence-corrected chi connectivity index (χ0v) is 10.1. The topological polar surface area (TPSA) is 26.3 Å². The Morgan fingerprint density at radius 2 is 1.68 bits per heavy atom. The Bertz CT molecular complexity index is 538. The van der Waals surface area contributed by atoms with E-state index in [0.29, 0.717) is 5.56 Å². The van der Waals surface area contributed by atoms with Crippen molar-refractivity contribution in [3.63, 3.8) is 0 Å². The molecule has 2 nitrogen and oxygen atoms in total. The van der Waals surface area contributed by atoms with Crippen LogP contribution in [-0.2, 0) is 4.74 Å². The van der Waals surface area contributed by atoms with Gasteiger partial charge in [0, 0.05) is 0 Å². The summed E-state index contributed by atoms with van der Waals surface area (Å²) in [6, 6.07) is 13.3. The molecule has 0 heterocycles. The number of hydrogen-bond acceptors (Lipinski definition) is 2. The summed E-state index contributed by atoms with van der Waals surface area (Å²) in [7, 11) is 0. The molecule has 4 heteroatoms. The second kappa shape index (κ2) is 6.09. The van der Waals surface area contributed by atoms with Gasteiger partial charge in [-0.25, -0.2) is 13.6 Å². The average Bonchev–Trinajstić information content (AvgIpc) is 2.46. The van der Waals surface area contributed by atoms with Crippen LogP contribution in [0.5, 0.6) is 0 Å². The van der Waals surface area contributed by atoms with Gasteiger partial charge in [0.1, 0.15) is 12.4 Å². The largest absolute Gasteiger partial charge is 0.459 e. The number of hydrogen-bond donors (Lipinski definition) is 0. The van der Waals surface area contributed by atoms with Crippen molar-refractivity contribution in [1.29, 1.82) is 0 Å². The molecule has 19 heavy (non-hydrogen) atoms. The summed E-state index contributed by atoms with van der Waals surface area (Å²) in [6.45, 7) is -0.390. The molecule has 0 aliphatic carbocycles. The summed E-state index contributed by atoms with van der Waals surface area (Å²) in [5, 5.41) is 0.